The Kier molecular flexibility index (Phi) is 5.72. The van der Waals surface area contributed by atoms with Crippen molar-refractivity contribution in [1.82, 2.24) is 10.3 Å². The highest BCUT2D eigenvalue weighted by Crippen LogP contribution is 2.26. The van der Waals surface area contributed by atoms with Crippen LogP contribution in [0.4, 0.5) is 5.69 Å². The molecule has 1 saturated carbocycles. The van der Waals surface area contributed by atoms with E-state index >= 15 is 0 Å². The van der Waals surface area contributed by atoms with Crippen molar-refractivity contribution in [1.29, 1.82) is 0 Å². The Labute approximate surface area is 125 Å². The fraction of sp³-hybridized carbons (Fsp3) is 0.562. The average Bonchev–Trinajstić information content (AvgIpc) is 2.49. The number of carbonyl (C=O) groups excluding carboxylic acids is 2. The molecule has 1 aliphatic rings. The Balaban J connectivity index is 1.75. The normalized spacial score (nSPS) is 17.0. The van der Waals surface area contributed by atoms with Gasteiger partial charge in [-0.25, -0.2) is 0 Å². The molecule has 0 saturated heterocycles. The van der Waals surface area contributed by atoms with E-state index in [0.29, 0.717) is 18.0 Å². The average molecular weight is 289 g/mol. The molecule has 1 aromatic heterocycles. The summed E-state index contributed by atoms with van der Waals surface area (Å²) in [5, 5.41) is 5.51. The minimum absolute atomic E-state index is 0.0317. The fourth-order valence-corrected chi connectivity index (χ4v) is 2.71. The zero-order valence-electron chi connectivity index (χ0n) is 12.5. The predicted molar refractivity (Wildman–Crippen MR) is 81.7 cm³/mol. The molecule has 2 amide bonds. The van der Waals surface area contributed by atoms with Gasteiger partial charge in [0.1, 0.15) is 6.04 Å². The third-order valence-corrected chi connectivity index (χ3v) is 3.90. The second kappa shape index (κ2) is 7.76. The van der Waals surface area contributed by atoms with Crippen molar-refractivity contribution in [3.8, 4) is 0 Å². The van der Waals surface area contributed by atoms with Crippen LogP contribution in [0.3, 0.4) is 0 Å². The number of nitrogens with zero attached hydrogens (tertiary/aromatic N) is 1. The minimum atomic E-state index is -0.540. The summed E-state index contributed by atoms with van der Waals surface area (Å²) in [4.78, 5) is 27.9. The van der Waals surface area contributed by atoms with E-state index in [4.69, 9.17) is 0 Å². The van der Waals surface area contributed by atoms with Gasteiger partial charge >= 0.3 is 0 Å². The van der Waals surface area contributed by atoms with Crippen LogP contribution in [0.1, 0.15) is 45.4 Å². The van der Waals surface area contributed by atoms with Crippen molar-refractivity contribution in [2.45, 2.75) is 51.5 Å². The second-order valence-electron chi connectivity index (χ2n) is 5.73. The zero-order valence-corrected chi connectivity index (χ0v) is 12.5. The van der Waals surface area contributed by atoms with Gasteiger partial charge in [-0.05, 0) is 37.8 Å². The molecule has 1 heterocycles. The Morgan fingerprint density at radius 1 is 1.33 bits per heavy atom. The topological polar surface area (TPSA) is 71.1 Å². The predicted octanol–water partition coefficient (Wildman–Crippen LogP) is 2.50. The first-order valence-corrected chi connectivity index (χ1v) is 7.65. The lowest BCUT2D eigenvalue weighted by Crippen LogP contribution is -2.42. The molecule has 1 atom stereocenters. The minimum Gasteiger partial charge on any atom is -0.345 e. The molecule has 21 heavy (non-hydrogen) atoms. The maximum atomic E-state index is 12.0. The highest BCUT2D eigenvalue weighted by molar-refractivity contribution is 5.96. The van der Waals surface area contributed by atoms with E-state index in [-0.39, 0.29) is 11.8 Å². The first kappa shape index (κ1) is 15.5. The van der Waals surface area contributed by atoms with E-state index in [1.807, 2.05) is 0 Å². The summed E-state index contributed by atoms with van der Waals surface area (Å²) in [6.45, 7) is 1.70. The highest BCUT2D eigenvalue weighted by Gasteiger charge is 2.20. The van der Waals surface area contributed by atoms with E-state index in [9.17, 15) is 9.59 Å². The quantitative estimate of drug-likeness (QED) is 0.875. The van der Waals surface area contributed by atoms with Gasteiger partial charge < -0.3 is 10.6 Å². The first-order chi connectivity index (χ1) is 10.1. The third kappa shape index (κ3) is 5.17. The van der Waals surface area contributed by atoms with E-state index in [1.54, 1.807) is 31.5 Å². The molecule has 1 aliphatic carbocycles. The summed E-state index contributed by atoms with van der Waals surface area (Å²) < 4.78 is 0. The maximum absolute atomic E-state index is 12.0. The molecule has 1 aromatic rings. The maximum Gasteiger partial charge on any atom is 0.246 e. The molecule has 114 valence electrons. The Bertz CT molecular complexity index is 470. The van der Waals surface area contributed by atoms with Crippen molar-refractivity contribution >= 4 is 17.5 Å². The number of hydrogen-bond donors (Lipinski definition) is 2. The van der Waals surface area contributed by atoms with Crippen molar-refractivity contribution in [2.75, 3.05) is 5.32 Å². The number of nitrogens with one attached hydrogen (secondary N) is 2. The lowest BCUT2D eigenvalue weighted by molar-refractivity contribution is -0.126. The molecular weight excluding hydrogens is 266 g/mol. The van der Waals surface area contributed by atoms with Crippen molar-refractivity contribution in [3.05, 3.63) is 24.5 Å². The molecule has 0 aliphatic heterocycles. The molecule has 0 unspecified atom stereocenters. The number of anilines is 1. The van der Waals surface area contributed by atoms with Crippen molar-refractivity contribution in [3.63, 3.8) is 0 Å². The van der Waals surface area contributed by atoms with Gasteiger partial charge in [0.15, 0.2) is 0 Å². The van der Waals surface area contributed by atoms with Crippen LogP contribution >= 0.6 is 0 Å². The van der Waals surface area contributed by atoms with Gasteiger partial charge in [0.25, 0.3) is 0 Å². The molecule has 0 aromatic carbocycles. The van der Waals surface area contributed by atoms with Crippen LogP contribution in [0.2, 0.25) is 0 Å². The molecule has 5 nitrogen and oxygen atoms in total. The monoisotopic (exact) mass is 289 g/mol. The largest absolute Gasteiger partial charge is 0.345 e. The number of carbonyl (C=O) groups is 2. The van der Waals surface area contributed by atoms with Crippen LogP contribution in [-0.2, 0) is 9.59 Å². The standard InChI is InChI=1S/C16H23N3O2/c1-12(16(21)19-14-8-5-9-17-11-14)18-15(20)10-13-6-3-2-4-7-13/h5,8-9,11-13H,2-4,6-7,10H2,1H3,(H,18,20)(H,19,21)/t12-/m0/s1. The van der Waals surface area contributed by atoms with Crippen molar-refractivity contribution in [2.24, 2.45) is 5.92 Å². The molecule has 0 spiro atoms. The third-order valence-electron chi connectivity index (χ3n) is 3.90. The Morgan fingerprint density at radius 3 is 2.76 bits per heavy atom. The number of hydrogen-bond acceptors (Lipinski definition) is 3. The van der Waals surface area contributed by atoms with Crippen LogP contribution in [0, 0.1) is 5.92 Å². The van der Waals surface area contributed by atoms with Gasteiger partial charge in [0, 0.05) is 12.6 Å². The van der Waals surface area contributed by atoms with Crippen LogP contribution < -0.4 is 10.6 Å². The van der Waals surface area contributed by atoms with E-state index in [2.05, 4.69) is 15.6 Å². The first-order valence-electron chi connectivity index (χ1n) is 7.65. The van der Waals surface area contributed by atoms with Crippen LogP contribution in [0.25, 0.3) is 0 Å². The number of aromatic nitrogens is 1. The summed E-state index contributed by atoms with van der Waals surface area (Å²) in [5.74, 6) is 0.225. The number of amides is 2. The van der Waals surface area contributed by atoms with Gasteiger partial charge in [-0.3, -0.25) is 14.6 Å². The van der Waals surface area contributed by atoms with E-state index < -0.39 is 6.04 Å². The van der Waals surface area contributed by atoms with Gasteiger partial charge in [-0.15, -0.1) is 0 Å². The van der Waals surface area contributed by atoms with Gasteiger partial charge in [-0.1, -0.05) is 19.3 Å². The molecule has 5 heteroatoms. The number of pyridine rings is 1. The molecule has 0 bridgehead atoms. The molecule has 0 radical (unpaired) electrons. The SMILES string of the molecule is C[C@H](NC(=O)CC1CCCCC1)C(=O)Nc1cccnc1. The summed E-state index contributed by atoms with van der Waals surface area (Å²) in [7, 11) is 0. The van der Waals surface area contributed by atoms with Gasteiger partial charge in [0.2, 0.25) is 11.8 Å². The lowest BCUT2D eigenvalue weighted by Gasteiger charge is -2.22. The highest BCUT2D eigenvalue weighted by atomic mass is 16.2. The van der Waals surface area contributed by atoms with Gasteiger partial charge in [-0.2, -0.15) is 0 Å². The Hall–Kier alpha value is -1.91. The Morgan fingerprint density at radius 2 is 2.10 bits per heavy atom. The van der Waals surface area contributed by atoms with Crippen LogP contribution in [0.15, 0.2) is 24.5 Å². The van der Waals surface area contributed by atoms with E-state index in [1.165, 1.54) is 19.3 Å². The smallest absolute Gasteiger partial charge is 0.246 e. The second-order valence-corrected chi connectivity index (χ2v) is 5.73. The molecular formula is C16H23N3O2. The summed E-state index contributed by atoms with van der Waals surface area (Å²) in [6.07, 6.45) is 9.73. The van der Waals surface area contributed by atoms with E-state index in [0.717, 1.165) is 12.8 Å². The zero-order chi connectivity index (χ0) is 15.1. The number of rotatable bonds is 5. The van der Waals surface area contributed by atoms with Crippen LogP contribution in [0.5, 0.6) is 0 Å². The molecule has 2 N–H and O–H groups in total. The molecule has 1 fully saturated rings. The van der Waals surface area contributed by atoms with Crippen molar-refractivity contribution < 1.29 is 9.59 Å². The van der Waals surface area contributed by atoms with Gasteiger partial charge in [0.05, 0.1) is 11.9 Å². The summed E-state index contributed by atoms with van der Waals surface area (Å²) in [6, 6.07) is 2.98. The lowest BCUT2D eigenvalue weighted by atomic mass is 9.87. The summed E-state index contributed by atoms with van der Waals surface area (Å²) in [5.41, 5.74) is 0.635. The van der Waals surface area contributed by atoms with Crippen LogP contribution in [-0.4, -0.2) is 22.8 Å². The fourth-order valence-electron chi connectivity index (χ4n) is 2.71. The molecule has 2 rings (SSSR count). The summed E-state index contributed by atoms with van der Waals surface area (Å²) >= 11 is 0.